The number of aliphatic hydroxyl groups is 1. The van der Waals surface area contributed by atoms with Crippen molar-refractivity contribution < 1.29 is 14.7 Å². The van der Waals surface area contributed by atoms with Gasteiger partial charge in [-0.05, 0) is 18.2 Å². The minimum absolute atomic E-state index is 0.0878. The Balaban J connectivity index is 2.38. The average molecular weight is 319 g/mol. The number of carbonyl (C=O) groups excluding carboxylic acids is 2. The first-order valence-corrected chi connectivity index (χ1v) is 6.44. The van der Waals surface area contributed by atoms with Gasteiger partial charge in [0.1, 0.15) is 0 Å². The molecule has 1 aliphatic heterocycles. The fourth-order valence-corrected chi connectivity index (χ4v) is 2.09. The van der Waals surface area contributed by atoms with Gasteiger partial charge in [-0.15, -0.1) is 0 Å². The number of rotatable bonds is 3. The molecular weight excluding hydrogens is 309 g/mol. The minimum Gasteiger partial charge on any atom is -0.390 e. The summed E-state index contributed by atoms with van der Waals surface area (Å²) in [7, 11) is 0. The summed E-state index contributed by atoms with van der Waals surface area (Å²) in [6.07, 6.45) is -0.714. The van der Waals surface area contributed by atoms with E-state index in [1.54, 1.807) is 12.1 Å². The van der Waals surface area contributed by atoms with Gasteiger partial charge in [0.15, 0.2) is 0 Å². The van der Waals surface area contributed by atoms with Gasteiger partial charge in [-0.3, -0.25) is 9.59 Å². The molecule has 0 fully saturated rings. The van der Waals surface area contributed by atoms with Gasteiger partial charge in [0.2, 0.25) is 0 Å². The Morgan fingerprint density at radius 1 is 1.41 bits per heavy atom. The number of fused-ring (bicyclic) bond motifs is 1. The lowest BCUT2D eigenvalue weighted by Gasteiger charge is -2.19. The van der Waals surface area contributed by atoms with Crippen LogP contribution in [0, 0.1) is 0 Å². The second-order valence-electron chi connectivity index (χ2n) is 3.71. The number of benzene rings is 1. The number of ketones is 1. The Morgan fingerprint density at radius 3 is 2.76 bits per heavy atom. The molecule has 1 heterocycles. The zero-order valence-electron chi connectivity index (χ0n) is 8.69. The van der Waals surface area contributed by atoms with Crippen molar-refractivity contribution in [3.8, 4) is 0 Å². The molecule has 1 amide bonds. The standard InChI is InChI=1S/C11H9BrClNO3/c12-4-7(15)5-14-9-2-1-6(13)3-8(9)10(16)11(14)17/h1-3,7,15H,4-5H2. The SMILES string of the molecule is O=C1C(=O)N(CC(O)CBr)c2ccc(Cl)cc21. The van der Waals surface area contributed by atoms with Gasteiger partial charge in [0, 0.05) is 10.4 Å². The van der Waals surface area contributed by atoms with Crippen LogP contribution in [-0.2, 0) is 4.79 Å². The van der Waals surface area contributed by atoms with Gasteiger partial charge >= 0.3 is 0 Å². The van der Waals surface area contributed by atoms with Crippen molar-refractivity contribution in [2.45, 2.75) is 6.10 Å². The van der Waals surface area contributed by atoms with Crippen LogP contribution >= 0.6 is 27.5 Å². The lowest BCUT2D eigenvalue weighted by molar-refractivity contribution is -0.114. The van der Waals surface area contributed by atoms with Crippen molar-refractivity contribution in [3.05, 3.63) is 28.8 Å². The van der Waals surface area contributed by atoms with Gasteiger partial charge in [0.05, 0.1) is 23.9 Å². The number of β-amino-alcohol motifs (C(OH)–C–C–N with tert-alkyl or cyclic N) is 1. The number of hydrogen-bond donors (Lipinski definition) is 1. The Labute approximate surface area is 111 Å². The highest BCUT2D eigenvalue weighted by Crippen LogP contribution is 2.31. The van der Waals surface area contributed by atoms with Crippen molar-refractivity contribution in [2.24, 2.45) is 0 Å². The maximum atomic E-state index is 11.7. The molecule has 0 aliphatic carbocycles. The largest absolute Gasteiger partial charge is 0.390 e. The number of hydrogen-bond acceptors (Lipinski definition) is 3. The van der Waals surface area contributed by atoms with Crippen molar-refractivity contribution in [3.63, 3.8) is 0 Å². The fourth-order valence-electron chi connectivity index (χ4n) is 1.71. The maximum Gasteiger partial charge on any atom is 0.299 e. The number of alkyl halides is 1. The number of anilines is 1. The monoisotopic (exact) mass is 317 g/mol. The normalized spacial score (nSPS) is 16.3. The molecule has 1 N–H and O–H groups in total. The smallest absolute Gasteiger partial charge is 0.299 e. The van der Waals surface area contributed by atoms with E-state index in [-0.39, 0.29) is 6.54 Å². The number of halogens is 2. The highest BCUT2D eigenvalue weighted by molar-refractivity contribution is 9.09. The third-order valence-electron chi connectivity index (χ3n) is 2.50. The lowest BCUT2D eigenvalue weighted by Crippen LogP contribution is -2.37. The Bertz CT molecular complexity index is 492. The first-order valence-electron chi connectivity index (χ1n) is 4.94. The molecule has 0 bridgehead atoms. The maximum absolute atomic E-state index is 11.7. The second kappa shape index (κ2) is 4.76. The van der Waals surface area contributed by atoms with E-state index in [2.05, 4.69) is 15.9 Å². The molecule has 0 saturated heterocycles. The molecule has 4 nitrogen and oxygen atoms in total. The van der Waals surface area contributed by atoms with E-state index in [0.717, 1.165) is 0 Å². The molecule has 0 aromatic heterocycles. The molecule has 1 atom stereocenters. The summed E-state index contributed by atoms with van der Waals surface area (Å²) in [4.78, 5) is 24.7. The van der Waals surface area contributed by atoms with Crippen LogP contribution in [-0.4, -0.2) is 34.8 Å². The zero-order valence-corrected chi connectivity index (χ0v) is 11.0. The molecule has 0 spiro atoms. The Morgan fingerprint density at radius 2 is 2.12 bits per heavy atom. The Kier molecular flexibility index (Phi) is 3.51. The number of aliphatic hydroxyl groups excluding tert-OH is 1. The molecule has 0 radical (unpaired) electrons. The first-order chi connectivity index (χ1) is 8.04. The van der Waals surface area contributed by atoms with E-state index in [1.807, 2.05) is 0 Å². The van der Waals surface area contributed by atoms with E-state index in [1.165, 1.54) is 11.0 Å². The number of amides is 1. The van der Waals surface area contributed by atoms with Crippen LogP contribution < -0.4 is 4.90 Å². The molecular formula is C11H9BrClNO3. The van der Waals surface area contributed by atoms with E-state index < -0.39 is 17.8 Å². The van der Waals surface area contributed by atoms with Crippen LogP contribution in [0.3, 0.4) is 0 Å². The summed E-state index contributed by atoms with van der Waals surface area (Å²) in [6.45, 7) is 0.0878. The van der Waals surface area contributed by atoms with Gasteiger partial charge < -0.3 is 10.0 Å². The fraction of sp³-hybridized carbons (Fsp3) is 0.273. The van der Waals surface area contributed by atoms with Crippen LogP contribution in [0.2, 0.25) is 5.02 Å². The van der Waals surface area contributed by atoms with Gasteiger partial charge in [0.25, 0.3) is 11.7 Å². The number of carbonyl (C=O) groups is 2. The topological polar surface area (TPSA) is 57.6 Å². The molecule has 0 saturated carbocycles. The minimum atomic E-state index is -0.714. The number of nitrogens with zero attached hydrogens (tertiary/aromatic N) is 1. The quantitative estimate of drug-likeness (QED) is 0.681. The molecule has 1 unspecified atom stereocenters. The Hall–Kier alpha value is -0.910. The summed E-state index contributed by atoms with van der Waals surface area (Å²) in [5.41, 5.74) is 0.800. The van der Waals surface area contributed by atoms with Crippen LogP contribution in [0.5, 0.6) is 0 Å². The average Bonchev–Trinajstić information content (AvgIpc) is 2.54. The second-order valence-corrected chi connectivity index (χ2v) is 4.80. The third-order valence-corrected chi connectivity index (χ3v) is 3.49. The van der Waals surface area contributed by atoms with Crippen LogP contribution in [0.15, 0.2) is 18.2 Å². The van der Waals surface area contributed by atoms with Crippen LogP contribution in [0.25, 0.3) is 0 Å². The summed E-state index contributed by atoms with van der Waals surface area (Å²) in [5, 5.41) is 10.3. The zero-order chi connectivity index (χ0) is 12.6. The summed E-state index contributed by atoms with van der Waals surface area (Å²) >= 11 is 8.89. The first kappa shape index (κ1) is 12.5. The molecule has 17 heavy (non-hydrogen) atoms. The highest BCUT2D eigenvalue weighted by atomic mass is 79.9. The van der Waals surface area contributed by atoms with E-state index in [4.69, 9.17) is 11.6 Å². The van der Waals surface area contributed by atoms with Gasteiger partial charge in [-0.25, -0.2) is 0 Å². The lowest BCUT2D eigenvalue weighted by atomic mass is 10.1. The van der Waals surface area contributed by atoms with Crippen LogP contribution in [0.1, 0.15) is 10.4 Å². The summed E-state index contributed by atoms with van der Waals surface area (Å²) in [5.74, 6) is -1.20. The molecule has 1 aromatic rings. The third kappa shape index (κ3) is 2.22. The van der Waals surface area contributed by atoms with Gasteiger partial charge in [-0.1, -0.05) is 27.5 Å². The van der Waals surface area contributed by atoms with E-state index in [9.17, 15) is 14.7 Å². The van der Waals surface area contributed by atoms with Gasteiger partial charge in [-0.2, -0.15) is 0 Å². The van der Waals surface area contributed by atoms with E-state index >= 15 is 0 Å². The van der Waals surface area contributed by atoms with E-state index in [0.29, 0.717) is 21.6 Å². The molecule has 6 heteroatoms. The van der Waals surface area contributed by atoms with Crippen molar-refractivity contribution >= 4 is 44.9 Å². The van der Waals surface area contributed by atoms with Crippen molar-refractivity contribution in [1.82, 2.24) is 0 Å². The molecule has 90 valence electrons. The van der Waals surface area contributed by atoms with Crippen molar-refractivity contribution in [1.29, 1.82) is 0 Å². The number of Topliss-reactive ketones (excluding diaryl/α,β-unsaturated/α-hetero) is 1. The molecule has 1 aliphatic rings. The molecule has 2 rings (SSSR count). The predicted molar refractivity (Wildman–Crippen MR) is 67.9 cm³/mol. The highest BCUT2D eigenvalue weighted by Gasteiger charge is 2.36. The van der Waals surface area contributed by atoms with Crippen LogP contribution in [0.4, 0.5) is 5.69 Å². The summed E-state index contributed by atoms with van der Waals surface area (Å²) < 4.78 is 0. The van der Waals surface area contributed by atoms with Crippen molar-refractivity contribution in [2.75, 3.05) is 16.8 Å². The molecule has 1 aromatic carbocycles. The predicted octanol–water partition coefficient (Wildman–Crippen LogP) is 1.63. The summed E-state index contributed by atoms with van der Waals surface area (Å²) in [6, 6.07) is 4.69.